The van der Waals surface area contributed by atoms with Crippen molar-refractivity contribution in [1.82, 2.24) is 19.5 Å². The van der Waals surface area contributed by atoms with Crippen LogP contribution in [0.3, 0.4) is 0 Å². The van der Waals surface area contributed by atoms with Crippen LogP contribution < -0.4 is 10.6 Å². The molecule has 0 spiro atoms. The third-order valence-corrected chi connectivity index (χ3v) is 9.26. The summed E-state index contributed by atoms with van der Waals surface area (Å²) in [6.07, 6.45) is 11.1. The number of aryl methyl sites for hydroxylation is 1. The second-order valence-electron chi connectivity index (χ2n) is 10.2. The molecule has 2 saturated heterocycles. The third-order valence-electron chi connectivity index (χ3n) is 7.88. The molecular formula is C25H34N6OS. The zero-order valence-corrected chi connectivity index (χ0v) is 20.3. The number of hydrogen-bond acceptors (Lipinski definition) is 6. The lowest BCUT2D eigenvalue weighted by atomic mass is 9.90. The number of carbonyl (C=O) groups excluding carboxylic acids is 1. The summed E-state index contributed by atoms with van der Waals surface area (Å²) >= 11 is 1.98. The van der Waals surface area contributed by atoms with Gasteiger partial charge in [-0.15, -0.1) is 11.8 Å². The number of nitrogens with zero attached hydrogens (tertiary/aromatic N) is 5. The minimum Gasteiger partial charge on any atom is -0.355 e. The summed E-state index contributed by atoms with van der Waals surface area (Å²) in [6, 6.07) is 2.36. The van der Waals surface area contributed by atoms with Gasteiger partial charge < -0.3 is 15.5 Å². The molecular weight excluding hydrogens is 432 g/mol. The number of aromatic nitrogens is 3. The molecule has 1 saturated carbocycles. The fraction of sp³-hybridized carbons (Fsp3) is 0.640. The molecule has 0 aromatic carbocycles. The molecule has 0 radical (unpaired) electrons. The van der Waals surface area contributed by atoms with E-state index in [0.29, 0.717) is 5.25 Å². The predicted molar refractivity (Wildman–Crippen MR) is 133 cm³/mol. The van der Waals surface area contributed by atoms with Crippen LogP contribution >= 0.6 is 11.8 Å². The minimum atomic E-state index is 0.0395. The van der Waals surface area contributed by atoms with Gasteiger partial charge in [0.05, 0.1) is 11.7 Å². The maximum absolute atomic E-state index is 13.8. The molecule has 33 heavy (non-hydrogen) atoms. The normalized spacial score (nSPS) is 28.1. The number of hydrogen-bond donors (Lipinski definition) is 1. The third kappa shape index (κ3) is 3.85. The lowest BCUT2D eigenvalue weighted by molar-refractivity contribution is -0.130. The molecule has 2 N–H and O–H groups in total. The zero-order valence-electron chi connectivity index (χ0n) is 19.5. The molecule has 1 aliphatic carbocycles. The number of nitrogens with two attached hydrogens (primary N) is 1. The Labute approximate surface area is 199 Å². The highest BCUT2D eigenvalue weighted by molar-refractivity contribution is 8.00. The molecule has 2 aromatic heterocycles. The summed E-state index contributed by atoms with van der Waals surface area (Å²) in [5, 5.41) is 5.50. The molecule has 3 atom stereocenters. The zero-order chi connectivity index (χ0) is 22.5. The Kier molecular flexibility index (Phi) is 5.61. The molecule has 5 heterocycles. The first-order valence-corrected chi connectivity index (χ1v) is 13.7. The highest BCUT2D eigenvalue weighted by atomic mass is 32.2. The van der Waals surface area contributed by atoms with Gasteiger partial charge in [0.2, 0.25) is 0 Å². The monoisotopic (exact) mass is 466 g/mol. The average Bonchev–Trinajstić information content (AvgIpc) is 3.55. The number of rotatable bonds is 3. The van der Waals surface area contributed by atoms with E-state index in [2.05, 4.69) is 29.0 Å². The molecule has 3 aliphatic heterocycles. The first-order valence-electron chi connectivity index (χ1n) is 12.6. The van der Waals surface area contributed by atoms with Crippen LogP contribution in [0.25, 0.3) is 5.65 Å². The van der Waals surface area contributed by atoms with E-state index in [1.807, 2.05) is 16.3 Å². The van der Waals surface area contributed by atoms with Crippen molar-refractivity contribution in [2.75, 3.05) is 30.3 Å². The van der Waals surface area contributed by atoms with E-state index >= 15 is 0 Å². The number of likely N-dealkylation sites (tertiary alicyclic amines) is 1. The molecule has 8 heteroatoms. The van der Waals surface area contributed by atoms with Gasteiger partial charge in [-0.1, -0.05) is 6.42 Å². The van der Waals surface area contributed by atoms with Gasteiger partial charge in [0.25, 0.3) is 5.91 Å². The summed E-state index contributed by atoms with van der Waals surface area (Å²) < 4.78 is 1.89. The number of thioether (sulfide) groups is 1. The van der Waals surface area contributed by atoms with Crippen LogP contribution in [-0.2, 0) is 4.79 Å². The van der Waals surface area contributed by atoms with Crippen molar-refractivity contribution in [1.29, 1.82) is 0 Å². The van der Waals surface area contributed by atoms with Gasteiger partial charge in [-0.05, 0) is 57.4 Å². The Morgan fingerprint density at radius 1 is 1.15 bits per heavy atom. The Balaban J connectivity index is 1.31. The molecule has 7 nitrogen and oxygen atoms in total. The Hall–Kier alpha value is -2.06. The van der Waals surface area contributed by atoms with Crippen molar-refractivity contribution in [3.8, 4) is 0 Å². The van der Waals surface area contributed by atoms with Crippen molar-refractivity contribution in [2.24, 2.45) is 5.73 Å². The molecule has 6 rings (SSSR count). The number of carbonyl (C=O) groups is 1. The number of amides is 1. The van der Waals surface area contributed by atoms with Crippen molar-refractivity contribution in [2.45, 2.75) is 75.6 Å². The van der Waals surface area contributed by atoms with Crippen LogP contribution in [0, 0.1) is 6.92 Å². The number of piperidine rings is 1. The predicted octanol–water partition coefficient (Wildman–Crippen LogP) is 3.61. The minimum absolute atomic E-state index is 0.0395. The maximum Gasteiger partial charge on any atom is 0.251 e. The highest BCUT2D eigenvalue weighted by Crippen LogP contribution is 2.43. The van der Waals surface area contributed by atoms with Gasteiger partial charge >= 0.3 is 0 Å². The second kappa shape index (κ2) is 8.62. The molecule has 2 aromatic rings. The van der Waals surface area contributed by atoms with Crippen LogP contribution in [0.5, 0.6) is 0 Å². The van der Waals surface area contributed by atoms with Gasteiger partial charge in [-0.3, -0.25) is 4.79 Å². The van der Waals surface area contributed by atoms with E-state index in [1.54, 1.807) is 0 Å². The van der Waals surface area contributed by atoms with Crippen LogP contribution in [0.2, 0.25) is 0 Å². The lowest BCUT2D eigenvalue weighted by Crippen LogP contribution is -2.40. The highest BCUT2D eigenvalue weighted by Gasteiger charge is 2.37. The molecule has 0 bridgehead atoms. The first kappa shape index (κ1) is 21.5. The molecule has 1 amide bonds. The van der Waals surface area contributed by atoms with Crippen LogP contribution in [0.1, 0.15) is 68.7 Å². The van der Waals surface area contributed by atoms with Crippen molar-refractivity contribution >= 4 is 29.1 Å². The standard InChI is InChI=1S/C25H34N6OS/c1-16-13-31-23(27-24(16)29-11-9-17(26)14-29)12-20(28-31)21-7-4-5-10-30(21)25(32)19-15-33-22-8-3-2-6-18(19)22/h12-13,17,21-22H,2-11,14-15,26H2,1H3/t17-,21-,22?/m0/s1. The van der Waals surface area contributed by atoms with Crippen LogP contribution in [0.15, 0.2) is 23.4 Å². The van der Waals surface area contributed by atoms with Crippen LogP contribution in [0.4, 0.5) is 5.82 Å². The van der Waals surface area contributed by atoms with E-state index in [4.69, 9.17) is 15.8 Å². The van der Waals surface area contributed by atoms with E-state index in [-0.39, 0.29) is 18.0 Å². The van der Waals surface area contributed by atoms with Crippen molar-refractivity contribution < 1.29 is 4.79 Å². The fourth-order valence-corrected chi connectivity index (χ4v) is 7.59. The summed E-state index contributed by atoms with van der Waals surface area (Å²) in [6.45, 7) is 4.72. The fourth-order valence-electron chi connectivity index (χ4n) is 6.12. The van der Waals surface area contributed by atoms with E-state index in [1.165, 1.54) is 24.8 Å². The summed E-state index contributed by atoms with van der Waals surface area (Å²) in [5.74, 6) is 2.16. The van der Waals surface area contributed by atoms with Crippen molar-refractivity contribution in [3.63, 3.8) is 0 Å². The second-order valence-corrected chi connectivity index (χ2v) is 11.4. The first-order chi connectivity index (χ1) is 16.1. The maximum atomic E-state index is 13.8. The number of anilines is 1. The Bertz CT molecular complexity index is 1110. The van der Waals surface area contributed by atoms with Gasteiger partial charge in [0.1, 0.15) is 5.82 Å². The van der Waals surface area contributed by atoms with Gasteiger partial charge in [-0.25, -0.2) is 9.50 Å². The van der Waals surface area contributed by atoms with E-state index < -0.39 is 0 Å². The summed E-state index contributed by atoms with van der Waals surface area (Å²) in [7, 11) is 0. The van der Waals surface area contributed by atoms with Gasteiger partial charge in [0.15, 0.2) is 5.65 Å². The summed E-state index contributed by atoms with van der Waals surface area (Å²) in [4.78, 5) is 23.1. The average molecular weight is 467 g/mol. The Morgan fingerprint density at radius 3 is 2.88 bits per heavy atom. The Morgan fingerprint density at radius 2 is 2.03 bits per heavy atom. The molecule has 1 unspecified atom stereocenters. The number of fused-ring (bicyclic) bond motifs is 2. The molecule has 4 aliphatic rings. The van der Waals surface area contributed by atoms with E-state index in [9.17, 15) is 4.79 Å². The lowest BCUT2D eigenvalue weighted by Gasteiger charge is -2.35. The van der Waals surface area contributed by atoms with Gasteiger partial charge in [0, 0.05) is 60.1 Å². The van der Waals surface area contributed by atoms with Crippen LogP contribution in [-0.4, -0.2) is 62.1 Å². The smallest absolute Gasteiger partial charge is 0.251 e. The van der Waals surface area contributed by atoms with Crippen molar-refractivity contribution in [3.05, 3.63) is 34.7 Å². The topological polar surface area (TPSA) is 79.8 Å². The van der Waals surface area contributed by atoms with Gasteiger partial charge in [-0.2, -0.15) is 5.10 Å². The quantitative estimate of drug-likeness (QED) is 0.744. The summed E-state index contributed by atoms with van der Waals surface area (Å²) in [5.41, 5.74) is 11.6. The largest absolute Gasteiger partial charge is 0.355 e. The molecule has 176 valence electrons. The van der Waals surface area contributed by atoms with E-state index in [0.717, 1.165) is 85.8 Å². The molecule has 3 fully saturated rings. The SMILES string of the molecule is Cc1cn2nc([C@@H]3CCCCN3C(=O)C3=C4CCCCC4SC3)cc2nc1N1CC[C@H](N)C1.